The number of pyridine rings is 1. The smallest absolute Gasteiger partial charge is 0.310 e. The van der Waals surface area contributed by atoms with Crippen molar-refractivity contribution in [2.24, 2.45) is 0 Å². The summed E-state index contributed by atoms with van der Waals surface area (Å²) in [6, 6.07) is 8.06. The Bertz CT molecular complexity index is 991. The molecule has 0 saturated carbocycles. The van der Waals surface area contributed by atoms with E-state index in [1.165, 1.54) is 11.1 Å². The average Bonchev–Trinajstić information content (AvgIpc) is 2.65. The lowest BCUT2D eigenvalue weighted by Gasteiger charge is -2.42. The highest BCUT2D eigenvalue weighted by atomic mass is 16.5. The Labute approximate surface area is 180 Å². The minimum Gasteiger partial charge on any atom is -0.488 e. The predicted octanol–water partition coefficient (Wildman–Crippen LogP) is 4.99. The van der Waals surface area contributed by atoms with Gasteiger partial charge in [0.2, 0.25) is 0 Å². The number of benzene rings is 1. The predicted molar refractivity (Wildman–Crippen MR) is 119 cm³/mol. The summed E-state index contributed by atoms with van der Waals surface area (Å²) >= 11 is 0. The largest absolute Gasteiger partial charge is 0.488 e. The summed E-state index contributed by atoms with van der Waals surface area (Å²) in [5.41, 5.74) is 4.75. The molecule has 2 aromatic rings. The van der Waals surface area contributed by atoms with Crippen LogP contribution in [-0.4, -0.2) is 23.2 Å². The summed E-state index contributed by atoms with van der Waals surface area (Å²) in [7, 11) is 0. The molecule has 0 spiro atoms. The standard InChI is InChI=1S/C26H31NO3/c1-7-19-15-23-22(25(3,4)17-26(5,6)30-23)14-20(19)10-12-21-11-9-18(16-27-21)13-24(28)29-8-2/h9,11,14-16H,7-8,13,17H2,1-6H3. The summed E-state index contributed by atoms with van der Waals surface area (Å²) in [6.45, 7) is 13.1. The second-order valence-corrected chi connectivity index (χ2v) is 9.06. The lowest BCUT2D eigenvalue weighted by molar-refractivity contribution is -0.142. The zero-order valence-corrected chi connectivity index (χ0v) is 18.9. The second kappa shape index (κ2) is 8.52. The van der Waals surface area contributed by atoms with E-state index in [9.17, 15) is 4.79 Å². The molecule has 0 radical (unpaired) electrons. The van der Waals surface area contributed by atoms with E-state index in [1.807, 2.05) is 12.1 Å². The van der Waals surface area contributed by atoms with Gasteiger partial charge in [-0.3, -0.25) is 4.79 Å². The van der Waals surface area contributed by atoms with Crippen LogP contribution in [0.2, 0.25) is 0 Å². The van der Waals surface area contributed by atoms with E-state index < -0.39 is 0 Å². The first kappa shape index (κ1) is 21.9. The van der Waals surface area contributed by atoms with Crippen LogP contribution in [0.5, 0.6) is 5.75 Å². The number of carbonyl (C=O) groups excluding carboxylic acids is 1. The summed E-state index contributed by atoms with van der Waals surface area (Å²) < 4.78 is 11.3. The third kappa shape index (κ3) is 5.02. The molecule has 0 amide bonds. The fraction of sp³-hybridized carbons (Fsp3) is 0.462. The van der Waals surface area contributed by atoms with Gasteiger partial charge in [0, 0.05) is 17.3 Å². The zero-order chi connectivity index (χ0) is 21.9. The topological polar surface area (TPSA) is 48.4 Å². The Hall–Kier alpha value is -2.80. The fourth-order valence-corrected chi connectivity index (χ4v) is 4.25. The van der Waals surface area contributed by atoms with Gasteiger partial charge < -0.3 is 9.47 Å². The van der Waals surface area contributed by atoms with Crippen LogP contribution in [0.4, 0.5) is 0 Å². The number of ether oxygens (including phenoxy) is 2. The third-order valence-corrected chi connectivity index (χ3v) is 5.37. The van der Waals surface area contributed by atoms with Gasteiger partial charge in [0.05, 0.1) is 13.0 Å². The number of aromatic nitrogens is 1. The van der Waals surface area contributed by atoms with Crippen molar-refractivity contribution in [1.29, 1.82) is 0 Å². The van der Waals surface area contributed by atoms with Crippen molar-refractivity contribution in [3.8, 4) is 17.6 Å². The van der Waals surface area contributed by atoms with Crippen LogP contribution in [-0.2, 0) is 27.8 Å². The first-order valence-corrected chi connectivity index (χ1v) is 10.6. The van der Waals surface area contributed by atoms with Gasteiger partial charge in [0.1, 0.15) is 17.0 Å². The quantitative estimate of drug-likeness (QED) is 0.531. The molecule has 1 aliphatic heterocycles. The first-order valence-electron chi connectivity index (χ1n) is 10.6. The van der Waals surface area contributed by atoms with Gasteiger partial charge in [0.25, 0.3) is 0 Å². The normalized spacial score (nSPS) is 15.9. The molecular weight excluding hydrogens is 374 g/mol. The molecule has 0 aliphatic carbocycles. The number of hydrogen-bond donors (Lipinski definition) is 0. The Balaban J connectivity index is 1.88. The van der Waals surface area contributed by atoms with Crippen molar-refractivity contribution in [2.75, 3.05) is 6.61 Å². The summed E-state index contributed by atoms with van der Waals surface area (Å²) in [5.74, 6) is 7.21. The Morgan fingerprint density at radius 2 is 1.93 bits per heavy atom. The van der Waals surface area contributed by atoms with Crippen LogP contribution in [0.15, 0.2) is 30.5 Å². The molecule has 0 fully saturated rings. The van der Waals surface area contributed by atoms with Crippen molar-refractivity contribution in [1.82, 2.24) is 4.98 Å². The van der Waals surface area contributed by atoms with Crippen molar-refractivity contribution < 1.29 is 14.3 Å². The van der Waals surface area contributed by atoms with Gasteiger partial charge in [-0.1, -0.05) is 32.8 Å². The fourth-order valence-electron chi connectivity index (χ4n) is 4.25. The lowest BCUT2D eigenvalue weighted by Crippen LogP contribution is -2.41. The van der Waals surface area contributed by atoms with Crippen molar-refractivity contribution in [2.45, 2.75) is 71.8 Å². The van der Waals surface area contributed by atoms with Crippen LogP contribution in [0.3, 0.4) is 0 Å². The molecule has 1 aromatic carbocycles. The molecule has 0 bridgehead atoms. The van der Waals surface area contributed by atoms with Crippen LogP contribution in [0.25, 0.3) is 0 Å². The summed E-state index contributed by atoms with van der Waals surface area (Å²) in [5, 5.41) is 0. The van der Waals surface area contributed by atoms with Crippen molar-refractivity contribution >= 4 is 5.97 Å². The molecule has 1 aliphatic rings. The molecule has 1 aromatic heterocycles. The highest BCUT2D eigenvalue weighted by Crippen LogP contribution is 2.45. The Kier molecular flexibility index (Phi) is 6.22. The second-order valence-electron chi connectivity index (χ2n) is 9.06. The maximum absolute atomic E-state index is 11.6. The lowest BCUT2D eigenvalue weighted by atomic mass is 9.73. The number of carbonyl (C=O) groups is 1. The summed E-state index contributed by atoms with van der Waals surface area (Å²) in [6.07, 6.45) is 3.75. The molecular formula is C26H31NO3. The zero-order valence-electron chi connectivity index (χ0n) is 18.9. The van der Waals surface area contributed by atoms with Gasteiger partial charge in [-0.15, -0.1) is 0 Å². The first-order chi connectivity index (χ1) is 14.1. The monoisotopic (exact) mass is 405 g/mol. The van der Waals surface area contributed by atoms with Crippen molar-refractivity contribution in [3.63, 3.8) is 0 Å². The molecule has 0 saturated heterocycles. The number of nitrogens with zero attached hydrogens (tertiary/aromatic N) is 1. The van der Waals surface area contributed by atoms with Crippen LogP contribution < -0.4 is 4.74 Å². The third-order valence-electron chi connectivity index (χ3n) is 5.37. The number of fused-ring (bicyclic) bond motifs is 1. The van der Waals surface area contributed by atoms with Crippen molar-refractivity contribution in [3.05, 3.63) is 58.4 Å². The van der Waals surface area contributed by atoms with E-state index in [2.05, 4.69) is 63.6 Å². The summed E-state index contributed by atoms with van der Waals surface area (Å²) in [4.78, 5) is 16.0. The minimum atomic E-state index is -0.243. The number of esters is 1. The van der Waals surface area contributed by atoms with Gasteiger partial charge in [0.15, 0.2) is 0 Å². The number of hydrogen-bond acceptors (Lipinski definition) is 4. The molecule has 0 N–H and O–H groups in total. The van der Waals surface area contributed by atoms with Crippen LogP contribution >= 0.6 is 0 Å². The SMILES string of the molecule is CCOC(=O)Cc1ccc(C#Cc2cc3c(cc2CC)OC(C)(C)CC3(C)C)nc1. The van der Waals surface area contributed by atoms with Gasteiger partial charge in [-0.05, 0) is 74.3 Å². The molecule has 0 atom stereocenters. The van der Waals surface area contributed by atoms with E-state index in [4.69, 9.17) is 9.47 Å². The molecule has 4 heteroatoms. The highest BCUT2D eigenvalue weighted by molar-refractivity contribution is 5.72. The van der Waals surface area contributed by atoms with Gasteiger partial charge >= 0.3 is 5.97 Å². The Morgan fingerprint density at radius 3 is 2.57 bits per heavy atom. The number of aryl methyl sites for hydroxylation is 1. The van der Waals surface area contributed by atoms with Gasteiger partial charge in [-0.2, -0.15) is 0 Å². The minimum absolute atomic E-state index is 0.0206. The van der Waals surface area contributed by atoms with Gasteiger partial charge in [-0.25, -0.2) is 4.98 Å². The molecule has 2 heterocycles. The van der Waals surface area contributed by atoms with E-state index in [-0.39, 0.29) is 23.4 Å². The molecule has 4 nitrogen and oxygen atoms in total. The molecule has 3 rings (SSSR count). The van der Waals surface area contributed by atoms with E-state index in [0.29, 0.717) is 12.3 Å². The maximum atomic E-state index is 11.6. The highest BCUT2D eigenvalue weighted by Gasteiger charge is 2.39. The molecule has 30 heavy (non-hydrogen) atoms. The Morgan fingerprint density at radius 1 is 1.17 bits per heavy atom. The van der Waals surface area contributed by atoms with Crippen LogP contribution in [0, 0.1) is 11.8 Å². The maximum Gasteiger partial charge on any atom is 0.310 e. The van der Waals surface area contributed by atoms with E-state index >= 15 is 0 Å². The van der Waals surface area contributed by atoms with Crippen LogP contribution in [0.1, 0.15) is 75.9 Å². The molecule has 0 unspecified atom stereocenters. The van der Waals surface area contributed by atoms with E-state index in [0.717, 1.165) is 29.7 Å². The number of rotatable bonds is 4. The van der Waals surface area contributed by atoms with E-state index in [1.54, 1.807) is 13.1 Å². The average molecular weight is 406 g/mol. The molecule has 158 valence electrons.